The Kier molecular flexibility index (Phi) is 3.78. The largest absolute Gasteiger partial charge is 0.486 e. The number of para-hydroxylation sites is 1. The molecule has 0 atom stereocenters. The van der Waals surface area contributed by atoms with Crippen LogP contribution in [0.1, 0.15) is 11.4 Å². The minimum atomic E-state index is 0.476. The molecule has 3 heteroatoms. The predicted molar refractivity (Wildman–Crippen MR) is 78.5 cm³/mol. The van der Waals surface area contributed by atoms with E-state index in [1.165, 1.54) is 5.56 Å². The van der Waals surface area contributed by atoms with Gasteiger partial charge in [0.25, 0.3) is 0 Å². The Morgan fingerprint density at radius 3 is 2.35 bits per heavy atom. The topological polar surface area (TPSA) is 27.1 Å². The summed E-state index contributed by atoms with van der Waals surface area (Å²) in [7, 11) is 0. The third-order valence-electron chi connectivity index (χ3n) is 3.11. The summed E-state index contributed by atoms with van der Waals surface area (Å²) in [6.45, 7) is 1.29. The third kappa shape index (κ3) is 3.06. The maximum Gasteiger partial charge on any atom is 0.147 e. The second-order valence-corrected chi connectivity index (χ2v) is 4.56. The second-order valence-electron chi connectivity index (χ2n) is 4.56. The Balaban J connectivity index is 1.68. The molecule has 3 aromatic rings. The van der Waals surface area contributed by atoms with Gasteiger partial charge in [-0.3, -0.25) is 0 Å². The van der Waals surface area contributed by atoms with Crippen molar-refractivity contribution < 1.29 is 4.74 Å². The lowest BCUT2D eigenvalue weighted by Crippen LogP contribution is -2.07. The van der Waals surface area contributed by atoms with Gasteiger partial charge < -0.3 is 9.30 Å². The quantitative estimate of drug-likeness (QED) is 0.705. The van der Waals surface area contributed by atoms with E-state index in [-0.39, 0.29) is 0 Å². The fourth-order valence-corrected chi connectivity index (χ4v) is 2.07. The highest BCUT2D eigenvalue weighted by Crippen LogP contribution is 2.12. The van der Waals surface area contributed by atoms with Gasteiger partial charge in [0.05, 0.1) is 0 Å². The minimum absolute atomic E-state index is 0.476. The zero-order valence-corrected chi connectivity index (χ0v) is 11.1. The van der Waals surface area contributed by atoms with Gasteiger partial charge in [0, 0.05) is 18.9 Å². The Morgan fingerprint density at radius 2 is 1.60 bits per heavy atom. The summed E-state index contributed by atoms with van der Waals surface area (Å²) in [6, 6.07) is 20.1. The summed E-state index contributed by atoms with van der Waals surface area (Å²) >= 11 is 0. The Bertz CT molecular complexity index is 647. The van der Waals surface area contributed by atoms with E-state index >= 15 is 0 Å². The smallest absolute Gasteiger partial charge is 0.147 e. The van der Waals surface area contributed by atoms with E-state index in [2.05, 4.69) is 21.7 Å². The maximum atomic E-state index is 5.75. The molecule has 3 rings (SSSR count). The van der Waals surface area contributed by atoms with Crippen LogP contribution in [0.25, 0.3) is 0 Å². The average molecular weight is 264 g/mol. The van der Waals surface area contributed by atoms with Crippen LogP contribution in [0.3, 0.4) is 0 Å². The summed E-state index contributed by atoms with van der Waals surface area (Å²) in [4.78, 5) is 4.37. The average Bonchev–Trinajstić information content (AvgIpc) is 2.94. The number of aromatic nitrogens is 2. The highest BCUT2D eigenvalue weighted by molar-refractivity contribution is 5.21. The molecule has 1 aromatic heterocycles. The van der Waals surface area contributed by atoms with Gasteiger partial charge in [-0.05, 0) is 17.7 Å². The first kappa shape index (κ1) is 12.5. The molecule has 0 N–H and O–H groups in total. The number of rotatable bonds is 5. The van der Waals surface area contributed by atoms with Crippen LogP contribution in [0.5, 0.6) is 5.75 Å². The van der Waals surface area contributed by atoms with Crippen molar-refractivity contribution in [1.82, 2.24) is 9.55 Å². The lowest BCUT2D eigenvalue weighted by atomic mass is 10.2. The van der Waals surface area contributed by atoms with E-state index in [1.54, 1.807) is 0 Å². The number of hydrogen-bond acceptors (Lipinski definition) is 2. The molecule has 2 aromatic carbocycles. The Morgan fingerprint density at radius 1 is 0.900 bits per heavy atom. The predicted octanol–water partition coefficient (Wildman–Crippen LogP) is 3.51. The molecule has 0 radical (unpaired) electrons. The molecule has 0 unspecified atom stereocenters. The van der Waals surface area contributed by atoms with Gasteiger partial charge in [-0.2, -0.15) is 0 Å². The third-order valence-corrected chi connectivity index (χ3v) is 3.11. The molecule has 0 aliphatic carbocycles. The molecule has 0 saturated carbocycles. The van der Waals surface area contributed by atoms with E-state index in [4.69, 9.17) is 4.74 Å². The number of imidazole rings is 1. The second kappa shape index (κ2) is 6.06. The van der Waals surface area contributed by atoms with E-state index in [0.717, 1.165) is 18.1 Å². The van der Waals surface area contributed by atoms with Crippen LogP contribution in [-0.2, 0) is 13.2 Å². The summed E-state index contributed by atoms with van der Waals surface area (Å²) < 4.78 is 7.85. The van der Waals surface area contributed by atoms with Crippen molar-refractivity contribution in [2.75, 3.05) is 0 Å². The lowest BCUT2D eigenvalue weighted by Gasteiger charge is -2.09. The van der Waals surface area contributed by atoms with Gasteiger partial charge in [0.1, 0.15) is 18.2 Å². The summed E-state index contributed by atoms with van der Waals surface area (Å²) in [5.74, 6) is 1.79. The molecule has 0 aliphatic heterocycles. The first-order valence-electron chi connectivity index (χ1n) is 6.63. The van der Waals surface area contributed by atoms with Crippen LogP contribution >= 0.6 is 0 Å². The van der Waals surface area contributed by atoms with Gasteiger partial charge in [0.15, 0.2) is 0 Å². The zero-order valence-electron chi connectivity index (χ0n) is 11.1. The van der Waals surface area contributed by atoms with Crippen LogP contribution in [-0.4, -0.2) is 9.55 Å². The maximum absolute atomic E-state index is 5.75. The number of ether oxygens (including phenoxy) is 1. The summed E-state index contributed by atoms with van der Waals surface area (Å²) in [6.07, 6.45) is 3.79. The first-order chi connectivity index (χ1) is 9.92. The van der Waals surface area contributed by atoms with E-state index in [9.17, 15) is 0 Å². The van der Waals surface area contributed by atoms with Gasteiger partial charge in [-0.25, -0.2) is 4.98 Å². The van der Waals surface area contributed by atoms with Crippen molar-refractivity contribution in [3.8, 4) is 5.75 Å². The van der Waals surface area contributed by atoms with Crippen molar-refractivity contribution in [2.24, 2.45) is 0 Å². The molecule has 0 bridgehead atoms. The van der Waals surface area contributed by atoms with Crippen molar-refractivity contribution >= 4 is 0 Å². The number of hydrogen-bond donors (Lipinski definition) is 0. The molecule has 0 spiro atoms. The summed E-state index contributed by atoms with van der Waals surface area (Å²) in [5, 5.41) is 0. The number of nitrogens with zero attached hydrogens (tertiary/aromatic N) is 2. The fourth-order valence-electron chi connectivity index (χ4n) is 2.07. The van der Waals surface area contributed by atoms with Crippen LogP contribution in [0.4, 0.5) is 0 Å². The highest BCUT2D eigenvalue weighted by Gasteiger charge is 2.04. The van der Waals surface area contributed by atoms with E-state index < -0.39 is 0 Å². The Hall–Kier alpha value is -2.55. The van der Waals surface area contributed by atoms with Crippen molar-refractivity contribution in [1.29, 1.82) is 0 Å². The monoisotopic (exact) mass is 264 g/mol. The van der Waals surface area contributed by atoms with Gasteiger partial charge >= 0.3 is 0 Å². The molecule has 0 amide bonds. The lowest BCUT2D eigenvalue weighted by molar-refractivity contribution is 0.290. The molecule has 0 fully saturated rings. The first-order valence-corrected chi connectivity index (χ1v) is 6.63. The number of benzene rings is 2. The van der Waals surface area contributed by atoms with Crippen LogP contribution in [0, 0.1) is 0 Å². The molecule has 3 nitrogen and oxygen atoms in total. The standard InChI is InChI=1S/C17H16N2O/c1-3-7-15(8-4-1)13-19-12-11-18-17(19)14-20-16-9-5-2-6-10-16/h1-12H,13-14H2. The van der Waals surface area contributed by atoms with Crippen molar-refractivity contribution in [3.05, 3.63) is 84.4 Å². The molecule has 100 valence electrons. The zero-order chi connectivity index (χ0) is 13.6. The molecular weight excluding hydrogens is 248 g/mol. The van der Waals surface area contributed by atoms with Crippen LogP contribution < -0.4 is 4.74 Å². The molecule has 20 heavy (non-hydrogen) atoms. The molecular formula is C17H16N2O. The summed E-state index contributed by atoms with van der Waals surface area (Å²) in [5.41, 5.74) is 1.26. The molecule has 0 aliphatic rings. The van der Waals surface area contributed by atoms with E-state index in [1.807, 2.05) is 60.9 Å². The molecule has 0 saturated heterocycles. The molecule has 1 heterocycles. The fraction of sp³-hybridized carbons (Fsp3) is 0.118. The van der Waals surface area contributed by atoms with Crippen LogP contribution in [0.15, 0.2) is 73.1 Å². The van der Waals surface area contributed by atoms with Crippen molar-refractivity contribution in [2.45, 2.75) is 13.2 Å². The minimum Gasteiger partial charge on any atom is -0.486 e. The van der Waals surface area contributed by atoms with E-state index in [0.29, 0.717) is 6.61 Å². The highest BCUT2D eigenvalue weighted by atomic mass is 16.5. The Labute approximate surface area is 118 Å². The van der Waals surface area contributed by atoms with Crippen molar-refractivity contribution in [3.63, 3.8) is 0 Å². The van der Waals surface area contributed by atoms with Gasteiger partial charge in [-0.15, -0.1) is 0 Å². The SMILES string of the molecule is c1ccc(Cn2ccnc2COc2ccccc2)cc1. The normalized spacial score (nSPS) is 10.4. The van der Waals surface area contributed by atoms with Gasteiger partial charge in [-0.1, -0.05) is 48.5 Å². The van der Waals surface area contributed by atoms with Crippen LogP contribution in [0.2, 0.25) is 0 Å². The van der Waals surface area contributed by atoms with Gasteiger partial charge in [0.2, 0.25) is 0 Å².